The lowest BCUT2D eigenvalue weighted by Crippen LogP contribution is -2.43. The zero-order chi connectivity index (χ0) is 42.7. The summed E-state index contributed by atoms with van der Waals surface area (Å²) in [6, 6.07) is 30.9. The van der Waals surface area contributed by atoms with Gasteiger partial charge in [-0.05, 0) is 125 Å². The second-order valence-corrected chi connectivity index (χ2v) is 14.6. The Morgan fingerprint density at radius 3 is 1.42 bits per heavy atom. The smallest absolute Gasteiger partial charge is 0.382 e. The van der Waals surface area contributed by atoms with Crippen LogP contribution in [0.15, 0.2) is 97.1 Å². The molecule has 2 heterocycles. The molecule has 0 aliphatic rings. The van der Waals surface area contributed by atoms with Gasteiger partial charge in [-0.3, -0.25) is 9.59 Å². The lowest BCUT2D eigenvalue weighted by Gasteiger charge is -2.04. The molecule has 0 atom stereocenters. The van der Waals surface area contributed by atoms with Crippen molar-refractivity contribution in [2.75, 3.05) is 13.1 Å². The van der Waals surface area contributed by atoms with Crippen molar-refractivity contribution >= 4 is 23.5 Å². The van der Waals surface area contributed by atoms with E-state index in [-0.39, 0.29) is 32.5 Å². The number of ketones is 2. The number of nitrogens with two attached hydrogens (primary N) is 2. The van der Waals surface area contributed by atoms with Gasteiger partial charge in [0.1, 0.15) is 17.2 Å². The first-order valence-corrected chi connectivity index (χ1v) is 20.6. The average Bonchev–Trinajstić information content (AvgIpc) is 3.92. The molecule has 2 aromatic heterocycles. The summed E-state index contributed by atoms with van der Waals surface area (Å²) >= 11 is 0. The van der Waals surface area contributed by atoms with E-state index in [2.05, 4.69) is 30.1 Å². The maximum Gasteiger partial charge on any atom is 0.475 e. The molecule has 324 valence electrons. The number of hydrogen-bond donors (Lipinski definition) is 2. The van der Waals surface area contributed by atoms with E-state index >= 15 is 0 Å². The zero-order valence-corrected chi connectivity index (χ0v) is 36.6. The number of nitrogens with zero attached hydrogens (tertiary/aromatic N) is 10. The molecule has 6 rings (SSSR count). The van der Waals surface area contributed by atoms with Crippen LogP contribution in [0.4, 0.5) is 11.9 Å². The van der Waals surface area contributed by atoms with Crippen LogP contribution in [0.25, 0.3) is 32.4 Å². The van der Waals surface area contributed by atoms with Crippen molar-refractivity contribution in [2.45, 2.75) is 90.9 Å². The fourth-order valence-corrected chi connectivity index (χ4v) is 6.40. The third-order valence-corrected chi connectivity index (χ3v) is 9.87. The second-order valence-electron chi connectivity index (χ2n) is 14.6. The Bertz CT molecular complexity index is 2370. The summed E-state index contributed by atoms with van der Waals surface area (Å²) in [6.07, 6.45) is 10.6. The second kappa shape index (κ2) is 25.8. The Labute approximate surface area is 366 Å². The number of aryl methyl sites for hydroxylation is 3. The number of Topliss-reactive ketones (excluding diaryl/α,β-unsaturated/α-hetero) is 2. The summed E-state index contributed by atoms with van der Waals surface area (Å²) in [5.74, 6) is 0.591. The molecule has 4 N–H and O–H groups in total. The van der Waals surface area contributed by atoms with E-state index in [9.17, 15) is 9.59 Å². The van der Waals surface area contributed by atoms with Crippen LogP contribution in [0.3, 0.4) is 0 Å². The van der Waals surface area contributed by atoms with Crippen LogP contribution in [-0.4, -0.2) is 54.6 Å². The van der Waals surface area contributed by atoms with Crippen LogP contribution < -0.4 is 21.1 Å². The molecular formula is C48H60N12O2. The van der Waals surface area contributed by atoms with Crippen molar-refractivity contribution in [3.63, 3.8) is 0 Å². The van der Waals surface area contributed by atoms with Gasteiger partial charge in [0.25, 0.3) is 0 Å². The number of unbranched alkanes of at least 4 members (excludes halogenated alkanes) is 6. The van der Waals surface area contributed by atoms with Crippen LogP contribution in [0.1, 0.15) is 97.7 Å². The van der Waals surface area contributed by atoms with Gasteiger partial charge in [-0.1, -0.05) is 73.2 Å². The van der Waals surface area contributed by atoms with E-state index in [4.69, 9.17) is 24.6 Å². The summed E-state index contributed by atoms with van der Waals surface area (Å²) in [4.78, 5) is 37.6. The van der Waals surface area contributed by atoms with Gasteiger partial charge in [-0.2, -0.15) is 0 Å². The highest BCUT2D eigenvalue weighted by molar-refractivity contribution is 5.96. The molecule has 0 spiro atoms. The van der Waals surface area contributed by atoms with Crippen LogP contribution >= 0.6 is 0 Å². The lowest BCUT2D eigenvalue weighted by molar-refractivity contribution is -0.734. The number of aromatic nitrogens is 8. The van der Waals surface area contributed by atoms with E-state index in [0.29, 0.717) is 37.2 Å². The normalized spacial score (nSPS) is 10.4. The quantitative estimate of drug-likeness (QED) is 0.0336. The van der Waals surface area contributed by atoms with Crippen molar-refractivity contribution in [2.24, 2.45) is 11.5 Å². The molecule has 14 nitrogen and oxygen atoms in total. The molecule has 62 heavy (non-hydrogen) atoms. The Kier molecular flexibility index (Phi) is 20.6. The molecular weight excluding hydrogens is 777 g/mol. The fourth-order valence-electron chi connectivity index (χ4n) is 6.40. The number of rotatable bonds is 20. The van der Waals surface area contributed by atoms with Gasteiger partial charge < -0.3 is 36.0 Å². The Balaban J connectivity index is 0.000000321. The van der Waals surface area contributed by atoms with Crippen LogP contribution in [0, 0.1) is 41.8 Å². The molecule has 0 saturated carbocycles. The van der Waals surface area contributed by atoms with E-state index in [0.717, 1.165) is 104 Å². The first-order valence-electron chi connectivity index (χ1n) is 20.6. The Morgan fingerprint density at radius 2 is 0.984 bits per heavy atom. The molecule has 0 amide bonds. The average molecular weight is 837 g/mol. The molecule has 4 aromatic carbocycles. The first kappa shape index (κ1) is 49.6. The highest BCUT2D eigenvalue weighted by Gasteiger charge is 2.24. The topological polar surface area (TPSA) is 164 Å². The molecule has 0 unspecified atom stereocenters. The molecule has 0 fully saturated rings. The van der Waals surface area contributed by atoms with Crippen molar-refractivity contribution in [3.05, 3.63) is 157 Å². The van der Waals surface area contributed by atoms with Gasteiger partial charge in [-0.25, -0.2) is 0 Å². The van der Waals surface area contributed by atoms with Gasteiger partial charge >= 0.3 is 11.9 Å². The fraction of sp³-hybridized carbons (Fsp3) is 0.333. The maximum absolute atomic E-state index is 12.4. The summed E-state index contributed by atoms with van der Waals surface area (Å²) in [5.41, 5.74) is 18.2. The summed E-state index contributed by atoms with van der Waals surface area (Å²) < 4.78 is 0. The SMILES string of the molecule is [C-]#[N+]c1nn(-c2ccc(C(=O)CCCCCCN)cc2)[n+](-c2ccc(C)cc2)n1.[C-]#[N+]c1nn(-c2ccc(CCC(=O)CCCCCCN)cc2)[n+](-c2ccc(C)cc2)n1.[CH3-].[CH3-]. The minimum atomic E-state index is 0. The van der Waals surface area contributed by atoms with Crippen LogP contribution in [0.2, 0.25) is 0 Å². The first-order chi connectivity index (χ1) is 29.2. The van der Waals surface area contributed by atoms with Crippen LogP contribution in [0.5, 0.6) is 0 Å². The monoisotopic (exact) mass is 836 g/mol. The molecule has 14 heteroatoms. The molecule has 0 bridgehead atoms. The summed E-state index contributed by atoms with van der Waals surface area (Å²) in [7, 11) is 0. The minimum Gasteiger partial charge on any atom is -0.382 e. The predicted molar refractivity (Wildman–Crippen MR) is 243 cm³/mol. The largest absolute Gasteiger partial charge is 0.475 e. The number of carbonyl (C=O) groups excluding carboxylic acids is 2. The van der Waals surface area contributed by atoms with Crippen molar-refractivity contribution in [1.82, 2.24) is 30.0 Å². The Hall–Kier alpha value is -6.74. The number of carbonyl (C=O) groups is 2. The number of hydrogen-bond acceptors (Lipinski definition) is 8. The van der Waals surface area contributed by atoms with Gasteiger partial charge in [0.05, 0.1) is 20.4 Å². The van der Waals surface area contributed by atoms with Gasteiger partial charge in [0.15, 0.2) is 17.2 Å². The van der Waals surface area contributed by atoms with Gasteiger partial charge in [0.2, 0.25) is 0 Å². The highest BCUT2D eigenvalue weighted by Crippen LogP contribution is 2.16. The van der Waals surface area contributed by atoms with Gasteiger partial charge in [-0.15, -0.1) is 13.1 Å². The van der Waals surface area contributed by atoms with Gasteiger partial charge in [0, 0.05) is 44.0 Å². The van der Waals surface area contributed by atoms with E-state index in [1.807, 2.05) is 98.8 Å². The third kappa shape index (κ3) is 14.5. The molecule has 0 radical (unpaired) electrons. The van der Waals surface area contributed by atoms with Crippen molar-refractivity contribution in [1.29, 1.82) is 0 Å². The zero-order valence-electron chi connectivity index (χ0n) is 36.6. The number of benzene rings is 4. The predicted octanol–water partition coefficient (Wildman–Crippen LogP) is 8.21. The standard InChI is InChI=1S/C24H29N6O.C22H25N6O.2CH3/c1-19-8-13-21(14-9-19)29-27-24(26-2)28-30(29)22-15-10-20(11-16-22)12-17-23(31)7-5-3-4-6-18-25;1-17-8-12-19(13-9-17)27-25-22(24-2)26-28(27)20-14-10-18(11-15-20)21(29)7-5-3-4-6-16-23;;/h8-11,13-16H,3-7,12,17-18,25H2,1H3;8-15H,3-7,16,23H2,1H3;2*1H3/q2*+1;2*-1. The molecule has 0 aliphatic carbocycles. The molecule has 0 saturated heterocycles. The molecule has 6 aromatic rings. The lowest BCUT2D eigenvalue weighted by atomic mass is 10.0. The van der Waals surface area contributed by atoms with E-state index < -0.39 is 0 Å². The maximum atomic E-state index is 12.4. The van der Waals surface area contributed by atoms with Crippen molar-refractivity contribution in [3.8, 4) is 22.7 Å². The van der Waals surface area contributed by atoms with Crippen molar-refractivity contribution < 1.29 is 19.2 Å². The third-order valence-electron chi connectivity index (χ3n) is 9.87. The summed E-state index contributed by atoms with van der Waals surface area (Å²) in [6.45, 7) is 20.0. The Morgan fingerprint density at radius 1 is 0.565 bits per heavy atom. The van der Waals surface area contributed by atoms with E-state index in [1.54, 1.807) is 31.3 Å². The molecule has 0 aliphatic heterocycles. The highest BCUT2D eigenvalue weighted by atomic mass is 16.1. The number of tetrazole rings is 2. The minimum absolute atomic E-state index is 0. The van der Waals surface area contributed by atoms with E-state index in [1.165, 1.54) is 0 Å². The summed E-state index contributed by atoms with van der Waals surface area (Å²) in [5, 5.41) is 17.1. The van der Waals surface area contributed by atoms with Crippen LogP contribution in [-0.2, 0) is 11.2 Å².